The van der Waals surface area contributed by atoms with Crippen LogP contribution in [0.1, 0.15) is 34.6 Å². The van der Waals surface area contributed by atoms with Gasteiger partial charge >= 0.3 is 0 Å². The predicted octanol–water partition coefficient (Wildman–Crippen LogP) is 1.84. The van der Waals surface area contributed by atoms with Gasteiger partial charge in [-0.05, 0) is 31.5 Å². The first-order valence-electron chi connectivity index (χ1n) is 9.82. The van der Waals surface area contributed by atoms with Crippen molar-refractivity contribution in [3.63, 3.8) is 0 Å². The number of benzene rings is 1. The van der Waals surface area contributed by atoms with Crippen molar-refractivity contribution in [2.45, 2.75) is 26.3 Å². The number of para-hydroxylation sites is 1. The summed E-state index contributed by atoms with van der Waals surface area (Å²) in [6, 6.07) is 9.74. The Bertz CT molecular complexity index is 865. The molecule has 7 heteroatoms. The van der Waals surface area contributed by atoms with Crippen molar-refractivity contribution >= 4 is 5.91 Å². The number of nitrogens with zero attached hydrogens (tertiary/aromatic N) is 3. The summed E-state index contributed by atoms with van der Waals surface area (Å²) in [5.74, 6) is 0.854. The van der Waals surface area contributed by atoms with E-state index in [1.54, 1.807) is 4.68 Å². The van der Waals surface area contributed by atoms with E-state index in [0.29, 0.717) is 45.1 Å². The molecule has 7 nitrogen and oxygen atoms in total. The van der Waals surface area contributed by atoms with Crippen LogP contribution in [0.15, 0.2) is 30.3 Å². The molecule has 2 aliphatic rings. The van der Waals surface area contributed by atoms with Gasteiger partial charge in [-0.15, -0.1) is 0 Å². The predicted molar refractivity (Wildman–Crippen MR) is 104 cm³/mol. The molecular weight excluding hydrogens is 358 g/mol. The number of amides is 1. The molecule has 1 aromatic carbocycles. The summed E-state index contributed by atoms with van der Waals surface area (Å²) in [7, 11) is 0. The first-order valence-corrected chi connectivity index (χ1v) is 9.82. The lowest BCUT2D eigenvalue weighted by molar-refractivity contribution is 0.0437. The summed E-state index contributed by atoms with van der Waals surface area (Å²) in [5, 5.41) is 14.7. The Hall–Kier alpha value is -2.38. The Balaban J connectivity index is 1.59. The summed E-state index contributed by atoms with van der Waals surface area (Å²) in [5.41, 5.74) is 1.98. The van der Waals surface area contributed by atoms with Gasteiger partial charge < -0.3 is 19.5 Å². The van der Waals surface area contributed by atoms with Gasteiger partial charge in [0.15, 0.2) is 0 Å². The third-order valence-electron chi connectivity index (χ3n) is 5.83. The van der Waals surface area contributed by atoms with Crippen LogP contribution in [0.2, 0.25) is 0 Å². The fourth-order valence-corrected chi connectivity index (χ4v) is 4.37. The minimum atomic E-state index is -0.463. The lowest BCUT2D eigenvalue weighted by atomic mass is 9.74. The molecule has 150 valence electrons. The molecule has 2 atom stereocenters. The lowest BCUT2D eigenvalue weighted by Crippen LogP contribution is -2.42. The van der Waals surface area contributed by atoms with E-state index in [0.717, 1.165) is 17.0 Å². The van der Waals surface area contributed by atoms with Crippen LogP contribution in [-0.4, -0.2) is 65.2 Å². The molecule has 1 fully saturated rings. The number of aromatic nitrogens is 2. The second-order valence-electron chi connectivity index (χ2n) is 7.68. The van der Waals surface area contributed by atoms with Crippen molar-refractivity contribution in [3.05, 3.63) is 47.3 Å². The van der Waals surface area contributed by atoms with Crippen LogP contribution < -0.4 is 4.74 Å². The van der Waals surface area contributed by atoms with Crippen molar-refractivity contribution in [2.75, 3.05) is 39.5 Å². The van der Waals surface area contributed by atoms with E-state index in [1.165, 1.54) is 0 Å². The van der Waals surface area contributed by atoms with Crippen LogP contribution in [0.4, 0.5) is 0 Å². The first kappa shape index (κ1) is 19.0. The number of hydrogen-bond acceptors (Lipinski definition) is 5. The highest BCUT2D eigenvalue weighted by molar-refractivity contribution is 5.93. The van der Waals surface area contributed by atoms with Gasteiger partial charge in [0.2, 0.25) is 0 Å². The molecule has 2 aliphatic heterocycles. The fraction of sp³-hybridized carbons (Fsp3) is 0.524. The van der Waals surface area contributed by atoms with Crippen LogP contribution in [0.25, 0.3) is 0 Å². The van der Waals surface area contributed by atoms with Crippen molar-refractivity contribution < 1.29 is 19.4 Å². The summed E-state index contributed by atoms with van der Waals surface area (Å²) in [6.07, 6.45) is 0. The van der Waals surface area contributed by atoms with Crippen molar-refractivity contribution in [1.82, 2.24) is 14.7 Å². The van der Waals surface area contributed by atoms with Crippen molar-refractivity contribution in [2.24, 2.45) is 5.41 Å². The number of carbonyl (C=O) groups is 1. The number of hydrogen-bond donors (Lipinski definition) is 1. The first-order chi connectivity index (χ1) is 13.6. The molecule has 0 saturated carbocycles. The van der Waals surface area contributed by atoms with Gasteiger partial charge in [-0.25, -0.2) is 0 Å². The largest absolute Gasteiger partial charge is 0.493 e. The second-order valence-corrected chi connectivity index (χ2v) is 7.68. The maximum atomic E-state index is 13.3. The zero-order chi connectivity index (χ0) is 19.7. The third kappa shape index (κ3) is 3.18. The maximum absolute atomic E-state index is 13.3. The number of aryl methyl sites for hydroxylation is 1. The SMILES string of the molecule is CCOCCn1nc(C)cc1C(=O)N1C[C@@H]2c3ccccc3OC[C@]2(CO)C1. The Kier molecular flexibility index (Phi) is 5.12. The number of carbonyl (C=O) groups excluding carboxylic acids is 1. The average molecular weight is 385 g/mol. The normalized spacial score (nSPS) is 23.2. The number of ether oxygens (including phenoxy) is 2. The second kappa shape index (κ2) is 7.56. The van der Waals surface area contributed by atoms with Crippen LogP contribution in [0.5, 0.6) is 5.75 Å². The lowest BCUT2D eigenvalue weighted by Gasteiger charge is -2.37. The van der Waals surface area contributed by atoms with Crippen LogP contribution in [-0.2, 0) is 11.3 Å². The van der Waals surface area contributed by atoms with E-state index in [-0.39, 0.29) is 18.4 Å². The van der Waals surface area contributed by atoms with E-state index in [4.69, 9.17) is 9.47 Å². The third-order valence-corrected chi connectivity index (χ3v) is 5.83. The molecule has 0 aliphatic carbocycles. The molecule has 1 saturated heterocycles. The molecule has 1 amide bonds. The molecule has 1 N–H and O–H groups in total. The highest BCUT2D eigenvalue weighted by Gasteiger charge is 2.52. The molecule has 0 radical (unpaired) electrons. The molecule has 3 heterocycles. The Morgan fingerprint density at radius 1 is 1.43 bits per heavy atom. The van der Waals surface area contributed by atoms with E-state index >= 15 is 0 Å². The highest BCUT2D eigenvalue weighted by Crippen LogP contribution is 2.49. The molecule has 28 heavy (non-hydrogen) atoms. The van der Waals surface area contributed by atoms with Gasteiger partial charge in [0.1, 0.15) is 11.4 Å². The zero-order valence-electron chi connectivity index (χ0n) is 16.4. The van der Waals surface area contributed by atoms with Crippen molar-refractivity contribution in [3.8, 4) is 5.75 Å². The summed E-state index contributed by atoms with van der Waals surface area (Å²) < 4.78 is 13.1. The molecule has 4 rings (SSSR count). The van der Waals surface area contributed by atoms with Crippen LogP contribution in [0, 0.1) is 12.3 Å². The fourth-order valence-electron chi connectivity index (χ4n) is 4.37. The van der Waals surface area contributed by atoms with E-state index in [9.17, 15) is 9.90 Å². The molecule has 0 spiro atoms. The number of likely N-dealkylation sites (tertiary alicyclic amines) is 1. The molecular formula is C21H27N3O4. The monoisotopic (exact) mass is 385 g/mol. The topological polar surface area (TPSA) is 76.8 Å². The Morgan fingerprint density at radius 3 is 3.04 bits per heavy atom. The smallest absolute Gasteiger partial charge is 0.272 e. The van der Waals surface area contributed by atoms with Crippen molar-refractivity contribution in [1.29, 1.82) is 0 Å². The van der Waals surface area contributed by atoms with Gasteiger partial charge in [-0.1, -0.05) is 18.2 Å². The number of aliphatic hydroxyl groups excluding tert-OH is 1. The Morgan fingerprint density at radius 2 is 2.25 bits per heavy atom. The molecule has 2 aromatic rings. The molecule has 1 aromatic heterocycles. The van der Waals surface area contributed by atoms with Gasteiger partial charge in [0, 0.05) is 25.6 Å². The van der Waals surface area contributed by atoms with E-state index in [1.807, 2.05) is 49.1 Å². The summed E-state index contributed by atoms with van der Waals surface area (Å²) in [6.45, 7) is 6.95. The van der Waals surface area contributed by atoms with Gasteiger partial charge in [-0.2, -0.15) is 5.10 Å². The van der Waals surface area contributed by atoms with Crippen LogP contribution >= 0.6 is 0 Å². The van der Waals surface area contributed by atoms with Gasteiger partial charge in [-0.3, -0.25) is 9.48 Å². The zero-order valence-corrected chi connectivity index (χ0v) is 16.4. The minimum Gasteiger partial charge on any atom is -0.493 e. The average Bonchev–Trinajstić information content (AvgIpc) is 3.29. The van der Waals surface area contributed by atoms with E-state index < -0.39 is 5.41 Å². The molecule has 0 bridgehead atoms. The minimum absolute atomic E-state index is 0.0155. The number of rotatable bonds is 6. The number of fused-ring (bicyclic) bond motifs is 3. The van der Waals surface area contributed by atoms with Crippen LogP contribution in [0.3, 0.4) is 0 Å². The Labute approximate surface area is 164 Å². The van der Waals surface area contributed by atoms with Gasteiger partial charge in [0.05, 0.1) is 37.5 Å². The number of aliphatic hydroxyl groups is 1. The standard InChI is InChI=1S/C21H27N3O4/c1-3-27-9-8-24-18(10-15(2)22-24)20(26)23-11-17-16-6-4-5-7-19(16)28-14-21(17,12-23)13-25/h4-7,10,17,25H,3,8-9,11-14H2,1-2H3/t17-,21-/m1/s1. The quantitative estimate of drug-likeness (QED) is 0.768. The maximum Gasteiger partial charge on any atom is 0.272 e. The highest BCUT2D eigenvalue weighted by atomic mass is 16.5. The summed E-state index contributed by atoms with van der Waals surface area (Å²) in [4.78, 5) is 15.2. The molecule has 0 unspecified atom stereocenters. The van der Waals surface area contributed by atoms with E-state index in [2.05, 4.69) is 5.10 Å². The van der Waals surface area contributed by atoms with Gasteiger partial charge in [0.25, 0.3) is 5.91 Å². The summed E-state index contributed by atoms with van der Waals surface area (Å²) >= 11 is 0.